The van der Waals surface area contributed by atoms with Gasteiger partial charge in [-0.15, -0.1) is 0 Å². The van der Waals surface area contributed by atoms with Gasteiger partial charge in [-0.1, -0.05) is 25.5 Å². The highest BCUT2D eigenvalue weighted by Gasteiger charge is 2.28. The Labute approximate surface area is 63.3 Å². The maximum Gasteiger partial charge on any atom is -0.0200 e. The second-order valence-corrected chi connectivity index (χ2v) is 3.95. The summed E-state index contributed by atoms with van der Waals surface area (Å²) in [6, 6.07) is 0. The predicted molar refractivity (Wildman–Crippen MR) is 43.8 cm³/mol. The van der Waals surface area contributed by atoms with Gasteiger partial charge >= 0.3 is 0 Å². The lowest BCUT2D eigenvalue weighted by Gasteiger charge is -2.30. The molecule has 0 aromatic carbocycles. The van der Waals surface area contributed by atoms with Crippen LogP contribution in [0.2, 0.25) is 0 Å². The minimum absolute atomic E-state index is 0.866. The zero-order valence-electron chi connectivity index (χ0n) is 6.72. The fourth-order valence-electron chi connectivity index (χ4n) is 2.14. The van der Waals surface area contributed by atoms with Crippen LogP contribution in [0.3, 0.4) is 0 Å². The van der Waals surface area contributed by atoms with Gasteiger partial charge in [-0.05, 0) is 37.0 Å². The summed E-state index contributed by atoms with van der Waals surface area (Å²) in [5.41, 5.74) is 0. The Bertz CT molecular complexity index is 142. The van der Waals surface area contributed by atoms with E-state index in [1.165, 1.54) is 25.7 Å². The van der Waals surface area contributed by atoms with Gasteiger partial charge in [-0.2, -0.15) is 0 Å². The Morgan fingerprint density at radius 1 is 1.20 bits per heavy atom. The molecule has 2 aliphatic carbocycles. The summed E-state index contributed by atoms with van der Waals surface area (Å²) in [4.78, 5) is 0. The first kappa shape index (κ1) is 6.45. The average Bonchev–Trinajstić information content (AvgIpc) is 2.10. The zero-order chi connectivity index (χ0) is 6.97. The van der Waals surface area contributed by atoms with Gasteiger partial charge in [0, 0.05) is 0 Å². The largest absolute Gasteiger partial charge is 0.0854 e. The molecule has 0 saturated heterocycles. The third kappa shape index (κ3) is 1.00. The number of rotatable bonds is 1. The van der Waals surface area contributed by atoms with Crippen LogP contribution in [0.15, 0.2) is 12.2 Å². The van der Waals surface area contributed by atoms with E-state index >= 15 is 0 Å². The molecule has 0 aromatic rings. The molecule has 0 nitrogen and oxygen atoms in total. The molecule has 1 saturated carbocycles. The highest BCUT2D eigenvalue weighted by atomic mass is 14.3. The molecular weight excluding hydrogens is 120 g/mol. The van der Waals surface area contributed by atoms with E-state index in [1.807, 2.05) is 0 Å². The van der Waals surface area contributed by atoms with Crippen LogP contribution in [-0.2, 0) is 0 Å². The molecule has 2 unspecified atom stereocenters. The Morgan fingerprint density at radius 3 is 2.40 bits per heavy atom. The molecule has 0 amide bonds. The molecule has 1 fully saturated rings. The van der Waals surface area contributed by atoms with Gasteiger partial charge in [0.25, 0.3) is 0 Å². The van der Waals surface area contributed by atoms with Crippen LogP contribution >= 0.6 is 0 Å². The van der Waals surface area contributed by atoms with Crippen LogP contribution in [-0.4, -0.2) is 0 Å². The van der Waals surface area contributed by atoms with Crippen molar-refractivity contribution < 1.29 is 0 Å². The molecule has 2 atom stereocenters. The van der Waals surface area contributed by atoms with Crippen LogP contribution in [0.5, 0.6) is 0 Å². The molecule has 2 aliphatic rings. The van der Waals surface area contributed by atoms with Gasteiger partial charge < -0.3 is 0 Å². The molecule has 0 aromatic heterocycles. The highest BCUT2D eigenvalue weighted by molar-refractivity contribution is 5.03. The van der Waals surface area contributed by atoms with Crippen LogP contribution < -0.4 is 0 Å². The van der Waals surface area contributed by atoms with E-state index in [0.29, 0.717) is 0 Å². The minimum Gasteiger partial charge on any atom is -0.0854 e. The second-order valence-electron chi connectivity index (χ2n) is 3.95. The molecule has 0 aliphatic heterocycles. The molecule has 0 bridgehead atoms. The van der Waals surface area contributed by atoms with Crippen molar-refractivity contribution in [2.75, 3.05) is 0 Å². The maximum absolute atomic E-state index is 2.45. The summed E-state index contributed by atoms with van der Waals surface area (Å²) in [7, 11) is 0. The standard InChI is InChI=1S/C10H16/c1-8-5-6-10(7-8)9-3-2-4-9/h5-6,8-10H,2-4,7H2,1H3. The average molecular weight is 136 g/mol. The van der Waals surface area contributed by atoms with Crippen LogP contribution in [0, 0.1) is 17.8 Å². The summed E-state index contributed by atoms with van der Waals surface area (Å²) >= 11 is 0. The second kappa shape index (κ2) is 2.41. The van der Waals surface area contributed by atoms with Crippen molar-refractivity contribution in [3.05, 3.63) is 12.2 Å². The molecule has 0 radical (unpaired) electrons. The van der Waals surface area contributed by atoms with Crippen molar-refractivity contribution in [1.82, 2.24) is 0 Å². The monoisotopic (exact) mass is 136 g/mol. The van der Waals surface area contributed by atoms with E-state index in [9.17, 15) is 0 Å². The first-order chi connectivity index (χ1) is 4.86. The van der Waals surface area contributed by atoms with E-state index in [1.54, 1.807) is 0 Å². The zero-order valence-corrected chi connectivity index (χ0v) is 6.72. The molecule has 0 N–H and O–H groups in total. The number of hydrogen-bond donors (Lipinski definition) is 0. The topological polar surface area (TPSA) is 0 Å². The van der Waals surface area contributed by atoms with Crippen LogP contribution in [0.1, 0.15) is 32.6 Å². The lowest BCUT2D eigenvalue weighted by Crippen LogP contribution is -2.19. The summed E-state index contributed by atoms with van der Waals surface area (Å²) in [6.07, 6.45) is 10.8. The van der Waals surface area contributed by atoms with Crippen molar-refractivity contribution in [2.24, 2.45) is 17.8 Å². The Hall–Kier alpha value is -0.260. The van der Waals surface area contributed by atoms with Crippen molar-refractivity contribution in [2.45, 2.75) is 32.6 Å². The number of hydrogen-bond acceptors (Lipinski definition) is 0. The van der Waals surface area contributed by atoms with Crippen molar-refractivity contribution >= 4 is 0 Å². The first-order valence-corrected chi connectivity index (χ1v) is 4.54. The van der Waals surface area contributed by atoms with Gasteiger partial charge in [0.15, 0.2) is 0 Å². The third-order valence-corrected chi connectivity index (χ3v) is 3.09. The smallest absolute Gasteiger partial charge is 0.0200 e. The third-order valence-electron chi connectivity index (χ3n) is 3.09. The summed E-state index contributed by atoms with van der Waals surface area (Å²) in [5, 5.41) is 0. The molecule has 10 heavy (non-hydrogen) atoms. The van der Waals surface area contributed by atoms with Crippen LogP contribution in [0.25, 0.3) is 0 Å². The van der Waals surface area contributed by atoms with Crippen molar-refractivity contribution in [3.8, 4) is 0 Å². The van der Waals surface area contributed by atoms with E-state index in [4.69, 9.17) is 0 Å². The van der Waals surface area contributed by atoms with Gasteiger partial charge in [-0.25, -0.2) is 0 Å². The number of allylic oxidation sites excluding steroid dienone is 2. The van der Waals surface area contributed by atoms with Crippen molar-refractivity contribution in [1.29, 1.82) is 0 Å². The fraction of sp³-hybridized carbons (Fsp3) is 0.800. The normalized spacial score (nSPS) is 40.1. The fourth-order valence-corrected chi connectivity index (χ4v) is 2.14. The minimum atomic E-state index is 0.866. The first-order valence-electron chi connectivity index (χ1n) is 4.54. The molecule has 2 rings (SSSR count). The molecule has 56 valence electrons. The molecule has 0 spiro atoms. The molecular formula is C10H16. The van der Waals surface area contributed by atoms with Gasteiger partial charge in [-0.3, -0.25) is 0 Å². The Kier molecular flexibility index (Phi) is 1.55. The van der Waals surface area contributed by atoms with E-state index in [-0.39, 0.29) is 0 Å². The van der Waals surface area contributed by atoms with Gasteiger partial charge in [0.2, 0.25) is 0 Å². The van der Waals surface area contributed by atoms with Gasteiger partial charge in [0.1, 0.15) is 0 Å². The summed E-state index contributed by atoms with van der Waals surface area (Å²) in [5.74, 6) is 2.90. The van der Waals surface area contributed by atoms with E-state index in [0.717, 1.165) is 17.8 Å². The summed E-state index contributed by atoms with van der Waals surface area (Å²) < 4.78 is 0. The Balaban J connectivity index is 1.89. The Morgan fingerprint density at radius 2 is 2.00 bits per heavy atom. The van der Waals surface area contributed by atoms with E-state index in [2.05, 4.69) is 19.1 Å². The van der Waals surface area contributed by atoms with Gasteiger partial charge in [0.05, 0.1) is 0 Å². The highest BCUT2D eigenvalue weighted by Crippen LogP contribution is 2.40. The lowest BCUT2D eigenvalue weighted by atomic mass is 9.75. The SMILES string of the molecule is CC1C=CC(C2CCC2)C1. The van der Waals surface area contributed by atoms with Crippen molar-refractivity contribution in [3.63, 3.8) is 0 Å². The molecule has 0 heteroatoms. The van der Waals surface area contributed by atoms with E-state index < -0.39 is 0 Å². The van der Waals surface area contributed by atoms with Crippen LogP contribution in [0.4, 0.5) is 0 Å². The maximum atomic E-state index is 2.45. The lowest BCUT2D eigenvalue weighted by molar-refractivity contribution is 0.232. The quantitative estimate of drug-likeness (QED) is 0.486. The molecule has 0 heterocycles. The summed E-state index contributed by atoms with van der Waals surface area (Å²) in [6.45, 7) is 2.33. The predicted octanol–water partition coefficient (Wildman–Crippen LogP) is 3.00.